The maximum Gasteiger partial charge on any atom is 0.169 e. The van der Waals surface area contributed by atoms with Gasteiger partial charge in [-0.2, -0.15) is 0 Å². The molecule has 0 aliphatic carbocycles. The number of nitrogens with one attached hydrogen (secondary N) is 1. The van der Waals surface area contributed by atoms with Crippen LogP contribution in [0.25, 0.3) is 0 Å². The topological polar surface area (TPSA) is 27.7 Å². The molecule has 4 nitrogen and oxygen atoms in total. The van der Waals surface area contributed by atoms with Gasteiger partial charge in [-0.3, -0.25) is 0 Å². The largest absolute Gasteiger partial charge is 0.383 e. The summed E-state index contributed by atoms with van der Waals surface area (Å²) in [6, 6.07) is 0.532. The normalized spacial score (nSPS) is 22.3. The van der Waals surface area contributed by atoms with Gasteiger partial charge >= 0.3 is 0 Å². The fourth-order valence-corrected chi connectivity index (χ4v) is 2.56. The average molecular weight is 259 g/mol. The van der Waals surface area contributed by atoms with Gasteiger partial charge in [0.25, 0.3) is 0 Å². The van der Waals surface area contributed by atoms with E-state index in [9.17, 15) is 0 Å². The molecule has 0 radical (unpaired) electrons. The third-order valence-corrected chi connectivity index (χ3v) is 3.60. The highest BCUT2D eigenvalue weighted by atomic mass is 32.1. The standard InChI is InChI=1S/C12H25N3OS/c1-4-11-10-14(2)7-5-8-15(11)12(17)13-6-9-16-3/h11H,4-10H2,1-3H3,(H,13,17). The molecule has 17 heavy (non-hydrogen) atoms. The van der Waals surface area contributed by atoms with Crippen molar-refractivity contribution < 1.29 is 4.74 Å². The van der Waals surface area contributed by atoms with Crippen LogP contribution in [0.1, 0.15) is 19.8 Å². The monoisotopic (exact) mass is 259 g/mol. The molecule has 0 aromatic rings. The van der Waals surface area contributed by atoms with Crippen LogP contribution in [0.15, 0.2) is 0 Å². The Hall–Kier alpha value is -0.390. The average Bonchev–Trinajstić information content (AvgIpc) is 2.50. The minimum absolute atomic E-state index is 0.532. The number of hydrogen-bond donors (Lipinski definition) is 1. The van der Waals surface area contributed by atoms with E-state index in [0.29, 0.717) is 12.6 Å². The minimum atomic E-state index is 0.532. The number of hydrogen-bond acceptors (Lipinski definition) is 3. The maximum absolute atomic E-state index is 5.47. The molecule has 100 valence electrons. The van der Waals surface area contributed by atoms with Crippen LogP contribution in [-0.4, -0.2) is 67.9 Å². The molecule has 5 heteroatoms. The van der Waals surface area contributed by atoms with Gasteiger partial charge in [0.15, 0.2) is 5.11 Å². The molecule has 0 amide bonds. The zero-order valence-corrected chi connectivity index (χ0v) is 12.1. The number of likely N-dealkylation sites (N-methyl/N-ethyl adjacent to an activating group) is 1. The van der Waals surface area contributed by atoms with Crippen molar-refractivity contribution in [3.8, 4) is 0 Å². The Morgan fingerprint density at radius 2 is 2.24 bits per heavy atom. The van der Waals surface area contributed by atoms with E-state index in [2.05, 4.69) is 29.1 Å². The quantitative estimate of drug-likeness (QED) is 0.599. The van der Waals surface area contributed by atoms with E-state index in [1.165, 1.54) is 6.42 Å². The fourth-order valence-electron chi connectivity index (χ4n) is 2.22. The molecular formula is C12H25N3OS. The summed E-state index contributed by atoms with van der Waals surface area (Å²) in [5, 5.41) is 4.15. The lowest BCUT2D eigenvalue weighted by molar-refractivity contribution is 0.201. The van der Waals surface area contributed by atoms with E-state index in [-0.39, 0.29) is 0 Å². The Bertz CT molecular complexity index is 238. The van der Waals surface area contributed by atoms with Crippen molar-refractivity contribution in [2.24, 2.45) is 0 Å². The second kappa shape index (κ2) is 7.84. The molecule has 1 rings (SSSR count). The molecule has 0 bridgehead atoms. The van der Waals surface area contributed by atoms with Crippen molar-refractivity contribution in [3.05, 3.63) is 0 Å². The van der Waals surface area contributed by atoms with Crippen molar-refractivity contribution in [1.29, 1.82) is 0 Å². The number of ether oxygens (including phenoxy) is 1. The molecule has 0 aromatic heterocycles. The van der Waals surface area contributed by atoms with E-state index >= 15 is 0 Å². The molecule has 1 atom stereocenters. The first kappa shape index (κ1) is 14.7. The van der Waals surface area contributed by atoms with Crippen LogP contribution in [0.4, 0.5) is 0 Å². The molecule has 0 spiro atoms. The van der Waals surface area contributed by atoms with Crippen LogP contribution in [0.5, 0.6) is 0 Å². The number of nitrogens with zero attached hydrogens (tertiary/aromatic N) is 2. The first-order valence-corrected chi connectivity index (χ1v) is 6.81. The molecule has 0 aromatic carbocycles. The van der Waals surface area contributed by atoms with Crippen LogP contribution in [0.3, 0.4) is 0 Å². The summed E-state index contributed by atoms with van der Waals surface area (Å²) in [6.07, 6.45) is 2.32. The van der Waals surface area contributed by atoms with Crippen molar-refractivity contribution in [1.82, 2.24) is 15.1 Å². The zero-order valence-electron chi connectivity index (χ0n) is 11.2. The molecule has 1 heterocycles. The molecule has 1 aliphatic heterocycles. The Labute approximate surface area is 110 Å². The molecule has 1 unspecified atom stereocenters. The van der Waals surface area contributed by atoms with Gasteiger partial charge in [0.05, 0.1) is 6.61 Å². The van der Waals surface area contributed by atoms with Crippen LogP contribution in [-0.2, 0) is 4.74 Å². The van der Waals surface area contributed by atoms with E-state index in [1.54, 1.807) is 7.11 Å². The van der Waals surface area contributed by atoms with Crippen LogP contribution < -0.4 is 5.32 Å². The molecule has 0 saturated carbocycles. The van der Waals surface area contributed by atoms with Gasteiger partial charge in [0.2, 0.25) is 0 Å². The smallest absolute Gasteiger partial charge is 0.169 e. The van der Waals surface area contributed by atoms with Crippen molar-refractivity contribution in [3.63, 3.8) is 0 Å². The number of thiocarbonyl (C=S) groups is 1. The van der Waals surface area contributed by atoms with Gasteiger partial charge in [-0.15, -0.1) is 0 Å². The summed E-state index contributed by atoms with van der Waals surface area (Å²) in [5.74, 6) is 0. The highest BCUT2D eigenvalue weighted by Crippen LogP contribution is 2.12. The van der Waals surface area contributed by atoms with E-state index in [0.717, 1.165) is 37.7 Å². The zero-order chi connectivity index (χ0) is 12.7. The van der Waals surface area contributed by atoms with Gasteiger partial charge < -0.3 is 19.9 Å². The van der Waals surface area contributed by atoms with Crippen LogP contribution in [0, 0.1) is 0 Å². The van der Waals surface area contributed by atoms with Gasteiger partial charge in [-0.1, -0.05) is 6.92 Å². The SMILES string of the molecule is CCC1CN(C)CCCN1C(=S)NCCOC. The molecule has 1 N–H and O–H groups in total. The summed E-state index contributed by atoms with van der Waals surface area (Å²) >= 11 is 5.47. The lowest BCUT2D eigenvalue weighted by Crippen LogP contribution is -2.48. The van der Waals surface area contributed by atoms with Gasteiger partial charge in [0, 0.05) is 32.8 Å². The molecule has 1 saturated heterocycles. The highest BCUT2D eigenvalue weighted by Gasteiger charge is 2.23. The highest BCUT2D eigenvalue weighted by molar-refractivity contribution is 7.80. The fraction of sp³-hybridized carbons (Fsp3) is 0.917. The Morgan fingerprint density at radius 1 is 1.47 bits per heavy atom. The Balaban J connectivity index is 2.49. The predicted molar refractivity (Wildman–Crippen MR) is 75.4 cm³/mol. The van der Waals surface area contributed by atoms with Gasteiger partial charge in [-0.25, -0.2) is 0 Å². The lowest BCUT2D eigenvalue weighted by atomic mass is 10.2. The number of methoxy groups -OCH3 is 1. The summed E-state index contributed by atoms with van der Waals surface area (Å²) in [6.45, 7) is 7.04. The predicted octanol–water partition coefficient (Wildman–Crippen LogP) is 0.923. The summed E-state index contributed by atoms with van der Waals surface area (Å²) in [7, 11) is 3.90. The van der Waals surface area contributed by atoms with E-state index < -0.39 is 0 Å². The molecular weight excluding hydrogens is 234 g/mol. The van der Waals surface area contributed by atoms with E-state index in [1.807, 2.05) is 0 Å². The van der Waals surface area contributed by atoms with Crippen molar-refractivity contribution >= 4 is 17.3 Å². The first-order chi connectivity index (χ1) is 8.19. The summed E-state index contributed by atoms with van der Waals surface area (Å²) in [4.78, 5) is 4.74. The Kier molecular flexibility index (Phi) is 6.77. The second-order valence-corrected chi connectivity index (χ2v) is 4.98. The minimum Gasteiger partial charge on any atom is -0.383 e. The summed E-state index contributed by atoms with van der Waals surface area (Å²) < 4.78 is 5.03. The third-order valence-electron chi connectivity index (χ3n) is 3.22. The maximum atomic E-state index is 5.47. The molecule has 1 fully saturated rings. The van der Waals surface area contributed by atoms with Gasteiger partial charge in [0.1, 0.15) is 0 Å². The molecule has 1 aliphatic rings. The van der Waals surface area contributed by atoms with Crippen molar-refractivity contribution in [2.45, 2.75) is 25.8 Å². The first-order valence-electron chi connectivity index (χ1n) is 6.41. The Morgan fingerprint density at radius 3 is 2.88 bits per heavy atom. The summed E-state index contributed by atoms with van der Waals surface area (Å²) in [5.41, 5.74) is 0. The second-order valence-electron chi connectivity index (χ2n) is 4.60. The van der Waals surface area contributed by atoms with Gasteiger partial charge in [-0.05, 0) is 38.7 Å². The third kappa shape index (κ3) is 4.77. The van der Waals surface area contributed by atoms with Crippen LogP contribution >= 0.6 is 12.2 Å². The number of rotatable bonds is 4. The van der Waals surface area contributed by atoms with Crippen molar-refractivity contribution in [2.75, 3.05) is 46.9 Å². The van der Waals surface area contributed by atoms with Crippen LogP contribution in [0.2, 0.25) is 0 Å². The van der Waals surface area contributed by atoms with E-state index in [4.69, 9.17) is 17.0 Å². The lowest BCUT2D eigenvalue weighted by Gasteiger charge is -2.32.